The van der Waals surface area contributed by atoms with Crippen molar-refractivity contribution in [3.8, 4) is 23.0 Å². The average Bonchev–Trinajstić information content (AvgIpc) is 3.81. The van der Waals surface area contributed by atoms with Crippen LogP contribution in [0.4, 0.5) is 0 Å². The summed E-state index contributed by atoms with van der Waals surface area (Å²) in [4.78, 5) is 7.23. The Balaban J connectivity index is 1.22. The summed E-state index contributed by atoms with van der Waals surface area (Å²) in [5.41, 5.74) is 6.53. The minimum atomic E-state index is 0.484. The number of pyridine rings is 1. The van der Waals surface area contributed by atoms with Gasteiger partial charge in [0.25, 0.3) is 0 Å². The second kappa shape index (κ2) is 10.8. The van der Waals surface area contributed by atoms with Gasteiger partial charge in [0.05, 0.1) is 0 Å². The molecular formula is C32H33ClN2. The van der Waals surface area contributed by atoms with Gasteiger partial charge in [-0.3, -0.25) is 4.90 Å². The molecule has 0 unspecified atom stereocenters. The predicted octanol–water partition coefficient (Wildman–Crippen LogP) is 7.72. The minimum Gasteiger partial charge on any atom is -0.297 e. The van der Waals surface area contributed by atoms with Crippen molar-refractivity contribution >= 4 is 17.2 Å². The Kier molecular flexibility index (Phi) is 7.37. The Morgan fingerprint density at radius 3 is 2.11 bits per heavy atom. The van der Waals surface area contributed by atoms with Gasteiger partial charge in [0, 0.05) is 41.5 Å². The summed E-state index contributed by atoms with van der Waals surface area (Å²) in [5.74, 6) is 8.31. The molecule has 2 aromatic carbocycles. The smallest absolute Gasteiger partial charge is 0.113 e. The van der Waals surface area contributed by atoms with Crippen molar-refractivity contribution in [3.63, 3.8) is 0 Å². The minimum absolute atomic E-state index is 0.484. The molecule has 5 rings (SSSR count). The van der Waals surface area contributed by atoms with E-state index < -0.39 is 0 Å². The lowest BCUT2D eigenvalue weighted by molar-refractivity contribution is 0.222. The van der Waals surface area contributed by atoms with E-state index in [9.17, 15) is 0 Å². The van der Waals surface area contributed by atoms with E-state index in [0.29, 0.717) is 6.04 Å². The molecule has 2 fully saturated rings. The molecule has 2 aliphatic rings. The number of nitrogens with zero attached hydrogens (tertiary/aromatic N) is 2. The second-order valence-electron chi connectivity index (χ2n) is 10.2. The Hall–Kier alpha value is -2.86. The fraction of sp³-hybridized carbons (Fsp3) is 0.344. The molecule has 0 N–H and O–H groups in total. The van der Waals surface area contributed by atoms with E-state index >= 15 is 0 Å². The highest BCUT2D eigenvalue weighted by atomic mass is 35.5. The molecule has 0 saturated heterocycles. The molecular weight excluding hydrogens is 448 g/mol. The summed E-state index contributed by atoms with van der Waals surface area (Å²) < 4.78 is 0. The monoisotopic (exact) mass is 480 g/mol. The third-order valence-electron chi connectivity index (χ3n) is 7.06. The highest BCUT2D eigenvalue weighted by Crippen LogP contribution is 2.35. The average molecular weight is 481 g/mol. The third-order valence-corrected chi connectivity index (χ3v) is 7.31. The highest BCUT2D eigenvalue weighted by molar-refractivity contribution is 6.30. The molecule has 3 heteroatoms. The molecule has 1 heterocycles. The van der Waals surface area contributed by atoms with E-state index in [1.54, 1.807) is 0 Å². The predicted molar refractivity (Wildman–Crippen MR) is 147 cm³/mol. The maximum absolute atomic E-state index is 5.98. The number of rotatable bonds is 8. The van der Waals surface area contributed by atoms with Crippen LogP contribution in [0.25, 0.3) is 16.7 Å². The van der Waals surface area contributed by atoms with Gasteiger partial charge in [-0.25, -0.2) is 4.98 Å². The van der Waals surface area contributed by atoms with Crippen molar-refractivity contribution < 1.29 is 0 Å². The quantitative estimate of drug-likeness (QED) is 0.307. The molecule has 0 aliphatic heterocycles. The van der Waals surface area contributed by atoms with Crippen LogP contribution < -0.4 is 0 Å². The lowest BCUT2D eigenvalue weighted by atomic mass is 10.0. The van der Waals surface area contributed by atoms with Gasteiger partial charge in [-0.1, -0.05) is 53.9 Å². The molecule has 0 amide bonds. The maximum atomic E-state index is 5.98. The summed E-state index contributed by atoms with van der Waals surface area (Å²) in [5, 5.41) is 0.736. The van der Waals surface area contributed by atoms with Crippen LogP contribution in [0.3, 0.4) is 0 Å². The lowest BCUT2D eigenvalue weighted by Gasteiger charge is -2.27. The highest BCUT2D eigenvalue weighted by Gasteiger charge is 2.30. The SMILES string of the molecule is C/C(=C\[C@H](C)N(CC1CC1)CC1CC1)c1ccc(C#Cc2ccc(-c3ccc(Cl)cc3)cn2)cc1. The van der Waals surface area contributed by atoms with Crippen molar-refractivity contribution in [2.75, 3.05) is 13.1 Å². The number of hydrogen-bond acceptors (Lipinski definition) is 2. The van der Waals surface area contributed by atoms with Gasteiger partial charge >= 0.3 is 0 Å². The zero-order valence-corrected chi connectivity index (χ0v) is 21.4. The van der Waals surface area contributed by atoms with E-state index in [4.69, 9.17) is 11.6 Å². The van der Waals surface area contributed by atoms with Crippen LogP contribution in [0.5, 0.6) is 0 Å². The number of hydrogen-bond donors (Lipinski definition) is 0. The van der Waals surface area contributed by atoms with Crippen molar-refractivity contribution in [2.45, 2.75) is 45.6 Å². The molecule has 0 spiro atoms. The van der Waals surface area contributed by atoms with Crippen molar-refractivity contribution in [3.05, 3.63) is 94.8 Å². The van der Waals surface area contributed by atoms with Gasteiger partial charge in [-0.2, -0.15) is 0 Å². The Morgan fingerprint density at radius 1 is 0.914 bits per heavy atom. The van der Waals surface area contributed by atoms with Crippen LogP contribution in [-0.4, -0.2) is 29.0 Å². The standard InChI is InChI=1S/C32H33ClN2/c1-23(19-24(2)35(21-26-3-4-26)22-27-5-6-27)28-10-7-25(8-11-28)9-17-32-18-14-30(20-34-32)29-12-15-31(33)16-13-29/h7-8,10-16,18-20,24,26-27H,3-6,21-22H2,1-2H3/b23-19+/t24-/m0/s1. The van der Waals surface area contributed by atoms with Gasteiger partial charge in [0.15, 0.2) is 0 Å². The molecule has 1 aromatic heterocycles. The van der Waals surface area contributed by atoms with Crippen molar-refractivity contribution in [2.24, 2.45) is 11.8 Å². The summed E-state index contributed by atoms with van der Waals surface area (Å²) in [6, 6.07) is 20.9. The zero-order valence-electron chi connectivity index (χ0n) is 20.7. The first-order chi connectivity index (χ1) is 17.0. The van der Waals surface area contributed by atoms with Crippen LogP contribution in [0.1, 0.15) is 56.4 Å². The first-order valence-electron chi connectivity index (χ1n) is 12.8. The Labute approximate surface area is 215 Å². The Bertz CT molecular complexity index is 1210. The van der Waals surface area contributed by atoms with Gasteiger partial charge in [0.2, 0.25) is 0 Å². The molecule has 2 nitrogen and oxygen atoms in total. The van der Waals surface area contributed by atoms with Gasteiger partial charge in [0.1, 0.15) is 5.69 Å². The summed E-state index contributed by atoms with van der Waals surface area (Å²) in [7, 11) is 0. The largest absolute Gasteiger partial charge is 0.297 e. The number of benzene rings is 2. The van der Waals surface area contributed by atoms with Crippen LogP contribution in [0, 0.1) is 23.7 Å². The van der Waals surface area contributed by atoms with Crippen molar-refractivity contribution in [1.82, 2.24) is 9.88 Å². The van der Waals surface area contributed by atoms with E-state index in [1.807, 2.05) is 36.5 Å². The summed E-state index contributed by atoms with van der Waals surface area (Å²) in [6.07, 6.45) is 9.98. The fourth-order valence-corrected chi connectivity index (χ4v) is 4.59. The maximum Gasteiger partial charge on any atom is 0.113 e. The summed E-state index contributed by atoms with van der Waals surface area (Å²) in [6.45, 7) is 7.13. The van der Waals surface area contributed by atoms with E-state index in [-0.39, 0.29) is 0 Å². The van der Waals surface area contributed by atoms with Crippen LogP contribution in [0.2, 0.25) is 5.02 Å². The molecule has 0 radical (unpaired) electrons. The molecule has 2 aliphatic carbocycles. The van der Waals surface area contributed by atoms with Crippen molar-refractivity contribution in [1.29, 1.82) is 0 Å². The fourth-order valence-electron chi connectivity index (χ4n) is 4.47. The first-order valence-corrected chi connectivity index (χ1v) is 13.2. The first kappa shape index (κ1) is 23.9. The molecule has 35 heavy (non-hydrogen) atoms. The third kappa shape index (κ3) is 6.85. The van der Waals surface area contributed by atoms with Gasteiger partial charge in [-0.05, 0) is 104 Å². The molecule has 178 valence electrons. The molecule has 2 saturated carbocycles. The molecule has 3 aromatic rings. The van der Waals surface area contributed by atoms with Crippen LogP contribution in [0.15, 0.2) is 72.9 Å². The van der Waals surface area contributed by atoms with E-state index in [1.165, 1.54) is 49.9 Å². The van der Waals surface area contributed by atoms with Gasteiger partial charge in [-0.15, -0.1) is 0 Å². The number of aromatic nitrogens is 1. The van der Waals surface area contributed by atoms with E-state index in [2.05, 4.69) is 72.0 Å². The number of halogens is 1. The normalized spacial score (nSPS) is 16.6. The topological polar surface area (TPSA) is 16.1 Å². The van der Waals surface area contributed by atoms with Gasteiger partial charge < -0.3 is 0 Å². The van der Waals surface area contributed by atoms with Crippen LogP contribution >= 0.6 is 11.6 Å². The number of allylic oxidation sites excluding steroid dienone is 1. The summed E-state index contributed by atoms with van der Waals surface area (Å²) >= 11 is 5.98. The zero-order chi connectivity index (χ0) is 24.2. The lowest BCUT2D eigenvalue weighted by Crippen LogP contribution is -2.35. The Morgan fingerprint density at radius 2 is 1.54 bits per heavy atom. The molecule has 1 atom stereocenters. The van der Waals surface area contributed by atoms with Crippen LogP contribution in [-0.2, 0) is 0 Å². The van der Waals surface area contributed by atoms with E-state index in [0.717, 1.165) is 39.2 Å². The molecule has 0 bridgehead atoms. The second-order valence-corrected chi connectivity index (χ2v) is 10.6.